The second-order valence-electron chi connectivity index (χ2n) is 7.30. The Morgan fingerprint density at radius 2 is 2.00 bits per heavy atom. The number of hydrogen-bond donors (Lipinski definition) is 2. The lowest BCUT2D eigenvalue weighted by molar-refractivity contribution is -0.139. The van der Waals surface area contributed by atoms with E-state index in [-0.39, 0.29) is 36.1 Å². The molecule has 0 saturated heterocycles. The van der Waals surface area contributed by atoms with Crippen molar-refractivity contribution in [3.05, 3.63) is 75.7 Å². The highest BCUT2D eigenvalue weighted by Gasteiger charge is 2.34. The molecule has 0 bridgehead atoms. The highest BCUT2D eigenvalue weighted by Crippen LogP contribution is 2.29. The fourth-order valence-corrected chi connectivity index (χ4v) is 3.57. The fourth-order valence-electron chi connectivity index (χ4n) is 3.45. The Morgan fingerprint density at radius 1 is 1.24 bits per heavy atom. The number of benzene rings is 2. The van der Waals surface area contributed by atoms with Crippen molar-refractivity contribution in [2.45, 2.75) is 26.4 Å². The molecular formula is C22H20ClFN6O3. The highest BCUT2D eigenvalue weighted by molar-refractivity contribution is 6.30. The first-order chi connectivity index (χ1) is 15.9. The second-order valence-corrected chi connectivity index (χ2v) is 7.74. The van der Waals surface area contributed by atoms with Crippen molar-refractivity contribution in [1.29, 1.82) is 0 Å². The number of nitrogens with zero attached hydrogens (tertiary/aromatic N) is 4. The smallest absolute Gasteiger partial charge is 0.338 e. The van der Waals surface area contributed by atoms with Gasteiger partial charge in [-0.1, -0.05) is 23.7 Å². The van der Waals surface area contributed by atoms with Crippen LogP contribution >= 0.6 is 11.6 Å². The van der Waals surface area contributed by atoms with Crippen LogP contribution in [0.4, 0.5) is 9.18 Å². The molecule has 0 radical (unpaired) electrons. The van der Waals surface area contributed by atoms with E-state index in [9.17, 15) is 14.0 Å². The molecule has 0 fully saturated rings. The van der Waals surface area contributed by atoms with Gasteiger partial charge >= 0.3 is 12.0 Å². The number of hydrogen-bond acceptors (Lipinski definition) is 6. The van der Waals surface area contributed by atoms with Crippen molar-refractivity contribution in [3.8, 4) is 11.4 Å². The number of allylic oxidation sites excluding steroid dienone is 1. The minimum Gasteiger partial charge on any atom is -0.463 e. The van der Waals surface area contributed by atoms with Crippen molar-refractivity contribution in [2.75, 3.05) is 6.61 Å². The van der Waals surface area contributed by atoms with Gasteiger partial charge in [0.1, 0.15) is 12.4 Å². The lowest BCUT2D eigenvalue weighted by Crippen LogP contribution is -2.47. The SMILES string of the molecule is CCOC(=O)C1=C(Cn2nnc(-c3ccc(F)c(C)c3)n2)NC(=O)NC1c1ccc(Cl)cc1. The predicted octanol–water partition coefficient (Wildman–Crippen LogP) is 3.31. The Bertz CT molecular complexity index is 1240. The molecule has 2 heterocycles. The summed E-state index contributed by atoms with van der Waals surface area (Å²) in [5.41, 5.74) is 2.19. The summed E-state index contributed by atoms with van der Waals surface area (Å²) in [4.78, 5) is 26.5. The van der Waals surface area contributed by atoms with E-state index in [2.05, 4.69) is 26.0 Å². The first-order valence-corrected chi connectivity index (χ1v) is 10.5. The molecule has 2 aromatic carbocycles. The van der Waals surface area contributed by atoms with Crippen LogP contribution < -0.4 is 10.6 Å². The lowest BCUT2D eigenvalue weighted by atomic mass is 9.95. The molecule has 0 aliphatic carbocycles. The molecule has 2 amide bonds. The van der Waals surface area contributed by atoms with Gasteiger partial charge in [-0.3, -0.25) is 0 Å². The standard InChI is InChI=1S/C22H20ClFN6O3/c1-3-33-21(31)18-17(25-22(32)26-19(18)13-4-7-15(23)8-5-13)11-30-28-20(27-29-30)14-6-9-16(24)12(2)10-14/h4-10,19H,3,11H2,1-2H3,(H2,25,26,32). The summed E-state index contributed by atoms with van der Waals surface area (Å²) in [5.74, 6) is -0.638. The largest absolute Gasteiger partial charge is 0.463 e. The molecule has 1 aromatic heterocycles. The monoisotopic (exact) mass is 470 g/mol. The van der Waals surface area contributed by atoms with Gasteiger partial charge in [0.2, 0.25) is 5.82 Å². The van der Waals surface area contributed by atoms with Gasteiger partial charge in [0.25, 0.3) is 0 Å². The Balaban J connectivity index is 1.70. The van der Waals surface area contributed by atoms with E-state index in [1.54, 1.807) is 50.2 Å². The van der Waals surface area contributed by atoms with Crippen LogP contribution in [0.3, 0.4) is 0 Å². The average Bonchev–Trinajstić information content (AvgIpc) is 3.24. The molecule has 4 rings (SSSR count). The number of urea groups is 1. The third-order valence-electron chi connectivity index (χ3n) is 5.02. The normalized spacial score (nSPS) is 15.8. The number of esters is 1. The van der Waals surface area contributed by atoms with E-state index in [0.717, 1.165) is 0 Å². The second kappa shape index (κ2) is 9.37. The van der Waals surface area contributed by atoms with Crippen LogP contribution in [-0.4, -0.2) is 38.8 Å². The highest BCUT2D eigenvalue weighted by atomic mass is 35.5. The number of aryl methyl sites for hydroxylation is 1. The van der Waals surface area contributed by atoms with Gasteiger partial charge in [0.05, 0.1) is 23.9 Å². The summed E-state index contributed by atoms with van der Waals surface area (Å²) in [7, 11) is 0. The quantitative estimate of drug-likeness (QED) is 0.535. The third kappa shape index (κ3) is 4.85. The predicted molar refractivity (Wildman–Crippen MR) is 117 cm³/mol. The van der Waals surface area contributed by atoms with Crippen LogP contribution in [0.25, 0.3) is 11.4 Å². The van der Waals surface area contributed by atoms with Crippen LogP contribution in [0.5, 0.6) is 0 Å². The zero-order chi connectivity index (χ0) is 23.5. The van der Waals surface area contributed by atoms with E-state index in [4.69, 9.17) is 16.3 Å². The minimum absolute atomic E-state index is 0.0428. The van der Waals surface area contributed by atoms with Crippen molar-refractivity contribution in [1.82, 2.24) is 30.8 Å². The van der Waals surface area contributed by atoms with Gasteiger partial charge in [-0.25, -0.2) is 14.0 Å². The summed E-state index contributed by atoms with van der Waals surface area (Å²) >= 11 is 5.98. The van der Waals surface area contributed by atoms with E-state index in [0.29, 0.717) is 21.7 Å². The number of carbonyl (C=O) groups is 2. The van der Waals surface area contributed by atoms with Crippen LogP contribution in [0.1, 0.15) is 24.1 Å². The average molecular weight is 471 g/mol. The van der Waals surface area contributed by atoms with Gasteiger partial charge in [-0.15, -0.1) is 10.2 Å². The van der Waals surface area contributed by atoms with Gasteiger partial charge in [-0.05, 0) is 60.5 Å². The number of nitrogens with one attached hydrogen (secondary N) is 2. The van der Waals surface area contributed by atoms with Crippen LogP contribution in [0, 0.1) is 12.7 Å². The summed E-state index contributed by atoms with van der Waals surface area (Å²) in [6.07, 6.45) is 0. The molecule has 1 aliphatic rings. The number of ether oxygens (including phenoxy) is 1. The molecule has 1 unspecified atom stereocenters. The molecule has 1 aliphatic heterocycles. The van der Waals surface area contributed by atoms with Gasteiger partial charge in [0.15, 0.2) is 0 Å². The fraction of sp³-hybridized carbons (Fsp3) is 0.227. The molecule has 2 N–H and O–H groups in total. The van der Waals surface area contributed by atoms with Crippen molar-refractivity contribution in [2.24, 2.45) is 0 Å². The van der Waals surface area contributed by atoms with E-state index in [1.807, 2.05) is 0 Å². The van der Waals surface area contributed by atoms with Crippen molar-refractivity contribution in [3.63, 3.8) is 0 Å². The summed E-state index contributed by atoms with van der Waals surface area (Å²) < 4.78 is 18.8. The summed E-state index contributed by atoms with van der Waals surface area (Å²) in [6.45, 7) is 3.45. The molecule has 3 aromatic rings. The van der Waals surface area contributed by atoms with Crippen molar-refractivity contribution < 1.29 is 18.7 Å². The zero-order valence-electron chi connectivity index (χ0n) is 17.8. The van der Waals surface area contributed by atoms with Gasteiger partial charge in [0, 0.05) is 10.6 Å². The summed E-state index contributed by atoms with van der Waals surface area (Å²) in [6, 6.07) is 10.0. The maximum atomic E-state index is 13.6. The molecule has 0 saturated carbocycles. The van der Waals surface area contributed by atoms with Crippen molar-refractivity contribution >= 4 is 23.6 Å². The van der Waals surface area contributed by atoms with Gasteiger partial charge in [-0.2, -0.15) is 4.80 Å². The zero-order valence-corrected chi connectivity index (χ0v) is 18.6. The number of aromatic nitrogens is 4. The Hall–Kier alpha value is -3.79. The number of carbonyl (C=O) groups excluding carboxylic acids is 2. The number of halogens is 2. The van der Waals surface area contributed by atoms with E-state index < -0.39 is 18.0 Å². The molecule has 0 spiro atoms. The van der Waals surface area contributed by atoms with E-state index in [1.165, 1.54) is 10.9 Å². The molecule has 11 heteroatoms. The topological polar surface area (TPSA) is 111 Å². The first-order valence-electron chi connectivity index (χ1n) is 10.1. The lowest BCUT2D eigenvalue weighted by Gasteiger charge is -2.29. The van der Waals surface area contributed by atoms with E-state index >= 15 is 0 Å². The number of amides is 2. The molecular weight excluding hydrogens is 451 g/mol. The Kier molecular flexibility index (Phi) is 6.36. The number of rotatable bonds is 6. The van der Waals surface area contributed by atoms with Crippen LogP contribution in [0.2, 0.25) is 5.02 Å². The third-order valence-corrected chi connectivity index (χ3v) is 5.27. The molecule has 33 heavy (non-hydrogen) atoms. The summed E-state index contributed by atoms with van der Waals surface area (Å²) in [5, 5.41) is 18.3. The first kappa shape index (κ1) is 22.4. The maximum Gasteiger partial charge on any atom is 0.338 e. The Labute approximate surface area is 193 Å². The van der Waals surface area contributed by atoms with Crippen LogP contribution in [0.15, 0.2) is 53.7 Å². The van der Waals surface area contributed by atoms with Crippen LogP contribution in [-0.2, 0) is 16.1 Å². The Morgan fingerprint density at radius 3 is 2.70 bits per heavy atom. The van der Waals surface area contributed by atoms with Gasteiger partial charge < -0.3 is 15.4 Å². The molecule has 1 atom stereocenters. The minimum atomic E-state index is -0.757. The molecule has 9 nitrogen and oxygen atoms in total. The number of tetrazole rings is 1. The molecule has 170 valence electrons. The maximum absolute atomic E-state index is 13.6.